The summed E-state index contributed by atoms with van der Waals surface area (Å²) in [4.78, 5) is 12.2. The van der Waals surface area contributed by atoms with Crippen LogP contribution in [-0.4, -0.2) is 31.7 Å². The first-order valence-electron chi connectivity index (χ1n) is 7.87. The smallest absolute Gasteiger partial charge is 0.355 e. The molecule has 2 N–H and O–H groups in total. The van der Waals surface area contributed by atoms with Gasteiger partial charge in [0, 0.05) is 12.5 Å². The molecule has 3 nitrogen and oxygen atoms in total. The zero-order valence-corrected chi connectivity index (χ0v) is 12.6. The van der Waals surface area contributed by atoms with E-state index in [9.17, 15) is 18.0 Å². The number of hydrogen-bond donors (Lipinski definition) is 2. The Bertz CT molecular complexity index is 364. The third kappa shape index (κ3) is 4.34. The molecule has 0 bridgehead atoms. The normalized spacial score (nSPS) is 29.9. The lowest BCUT2D eigenvalue weighted by Gasteiger charge is -2.36. The molecule has 0 radical (unpaired) electrons. The van der Waals surface area contributed by atoms with Crippen LogP contribution >= 0.6 is 0 Å². The van der Waals surface area contributed by atoms with Gasteiger partial charge in [-0.05, 0) is 44.2 Å². The molecular weight excluding hydrogens is 281 g/mol. The summed E-state index contributed by atoms with van der Waals surface area (Å²) in [7, 11) is 0. The maximum atomic E-state index is 13.0. The summed E-state index contributed by atoms with van der Waals surface area (Å²) >= 11 is 0. The number of nitrogens with one attached hydrogen (secondary N) is 2. The highest BCUT2D eigenvalue weighted by Crippen LogP contribution is 2.41. The summed E-state index contributed by atoms with van der Waals surface area (Å²) in [5, 5.41) is 6.05. The molecule has 2 unspecified atom stereocenters. The Balaban J connectivity index is 1.91. The van der Waals surface area contributed by atoms with Crippen molar-refractivity contribution in [1.29, 1.82) is 0 Å². The van der Waals surface area contributed by atoms with Crippen LogP contribution in [0.15, 0.2) is 0 Å². The first-order valence-corrected chi connectivity index (χ1v) is 7.87. The van der Waals surface area contributed by atoms with E-state index >= 15 is 0 Å². The Morgan fingerprint density at radius 2 is 1.86 bits per heavy atom. The van der Waals surface area contributed by atoms with Crippen LogP contribution in [0, 0.1) is 17.3 Å². The molecule has 0 spiro atoms. The number of hydrogen-bond acceptors (Lipinski definition) is 2. The predicted molar refractivity (Wildman–Crippen MR) is 74.7 cm³/mol. The van der Waals surface area contributed by atoms with Crippen LogP contribution in [0.4, 0.5) is 13.2 Å². The highest BCUT2D eigenvalue weighted by Gasteiger charge is 2.48. The molecule has 1 aliphatic carbocycles. The van der Waals surface area contributed by atoms with E-state index in [4.69, 9.17) is 0 Å². The minimum atomic E-state index is -4.26. The number of piperidine rings is 1. The number of alkyl halides is 3. The van der Waals surface area contributed by atoms with Gasteiger partial charge in [0.2, 0.25) is 5.91 Å². The molecule has 0 aromatic rings. The van der Waals surface area contributed by atoms with Gasteiger partial charge in [-0.1, -0.05) is 19.8 Å². The number of amides is 1. The van der Waals surface area contributed by atoms with Crippen molar-refractivity contribution < 1.29 is 18.0 Å². The fraction of sp³-hybridized carbons (Fsp3) is 0.933. The second kappa shape index (κ2) is 6.55. The number of carbonyl (C=O) groups is 1. The summed E-state index contributed by atoms with van der Waals surface area (Å²) in [6, 6.07) is 0. The largest absolute Gasteiger partial charge is 0.392 e. The average Bonchev–Trinajstić information content (AvgIpc) is 2.45. The van der Waals surface area contributed by atoms with E-state index in [1.54, 1.807) is 0 Å². The summed E-state index contributed by atoms with van der Waals surface area (Å²) < 4.78 is 39.1. The van der Waals surface area contributed by atoms with Gasteiger partial charge in [-0.25, -0.2) is 0 Å². The van der Waals surface area contributed by atoms with Crippen LogP contribution < -0.4 is 10.6 Å². The molecule has 1 heterocycles. The van der Waals surface area contributed by atoms with Gasteiger partial charge in [-0.15, -0.1) is 0 Å². The number of rotatable bonds is 3. The summed E-state index contributed by atoms with van der Waals surface area (Å²) in [6.07, 6.45) is -0.650. The van der Waals surface area contributed by atoms with Gasteiger partial charge < -0.3 is 10.6 Å². The van der Waals surface area contributed by atoms with Crippen molar-refractivity contribution in [3.8, 4) is 0 Å². The van der Waals surface area contributed by atoms with E-state index in [-0.39, 0.29) is 11.8 Å². The third-order valence-corrected chi connectivity index (χ3v) is 5.02. The van der Waals surface area contributed by atoms with Gasteiger partial charge in [0.1, 0.15) is 0 Å². The molecule has 2 fully saturated rings. The molecule has 1 saturated carbocycles. The Morgan fingerprint density at radius 1 is 1.24 bits per heavy atom. The van der Waals surface area contributed by atoms with Gasteiger partial charge >= 0.3 is 6.18 Å². The van der Waals surface area contributed by atoms with Gasteiger partial charge in [0.05, 0.1) is 5.92 Å². The van der Waals surface area contributed by atoms with Gasteiger partial charge in [-0.2, -0.15) is 13.2 Å². The topological polar surface area (TPSA) is 41.1 Å². The Kier molecular flexibility index (Phi) is 5.17. The maximum absolute atomic E-state index is 13.0. The van der Waals surface area contributed by atoms with E-state index in [0.29, 0.717) is 25.8 Å². The van der Waals surface area contributed by atoms with Gasteiger partial charge in [0.25, 0.3) is 0 Å². The van der Waals surface area contributed by atoms with Crippen LogP contribution in [0.3, 0.4) is 0 Å². The lowest BCUT2D eigenvalue weighted by Crippen LogP contribution is -2.47. The lowest BCUT2D eigenvalue weighted by atomic mass is 9.77. The quantitative estimate of drug-likeness (QED) is 0.842. The fourth-order valence-corrected chi connectivity index (χ4v) is 3.48. The van der Waals surface area contributed by atoms with Crippen molar-refractivity contribution in [3.63, 3.8) is 0 Å². The first-order chi connectivity index (χ1) is 9.82. The standard InChI is InChI=1S/C15H25F3N2O/c1-14(6-8-19-9-7-14)10-20-13(21)11-4-2-3-5-12(11)15(16,17)18/h11-12,19H,2-10H2,1H3,(H,20,21). The molecule has 2 rings (SSSR count). The van der Waals surface area contributed by atoms with Crippen LogP contribution in [0.25, 0.3) is 0 Å². The molecule has 1 saturated heterocycles. The summed E-state index contributed by atoms with van der Waals surface area (Å²) in [5.74, 6) is -2.77. The molecular formula is C15H25F3N2O. The average molecular weight is 306 g/mol. The molecule has 0 aromatic heterocycles. The number of halogens is 3. The lowest BCUT2D eigenvalue weighted by molar-refractivity contribution is -0.198. The van der Waals surface area contributed by atoms with E-state index in [0.717, 1.165) is 25.9 Å². The van der Waals surface area contributed by atoms with Crippen molar-refractivity contribution in [3.05, 3.63) is 0 Å². The SMILES string of the molecule is CC1(CNC(=O)C2CCCCC2C(F)(F)F)CCNCC1. The molecule has 122 valence electrons. The molecule has 21 heavy (non-hydrogen) atoms. The Labute approximate surface area is 124 Å². The monoisotopic (exact) mass is 306 g/mol. The Morgan fingerprint density at radius 3 is 2.48 bits per heavy atom. The fourth-order valence-electron chi connectivity index (χ4n) is 3.48. The highest BCUT2D eigenvalue weighted by atomic mass is 19.4. The number of carbonyl (C=O) groups excluding carboxylic acids is 1. The molecule has 2 atom stereocenters. The van der Waals surface area contributed by atoms with Crippen LogP contribution in [-0.2, 0) is 4.79 Å². The highest BCUT2D eigenvalue weighted by molar-refractivity contribution is 5.79. The molecule has 1 amide bonds. The zero-order valence-electron chi connectivity index (χ0n) is 12.6. The second-order valence-corrected chi connectivity index (χ2v) is 6.82. The van der Waals surface area contributed by atoms with Crippen molar-refractivity contribution in [2.45, 2.75) is 51.6 Å². The van der Waals surface area contributed by atoms with Crippen LogP contribution in [0.1, 0.15) is 45.4 Å². The summed E-state index contributed by atoms with van der Waals surface area (Å²) in [6.45, 7) is 4.38. The Hall–Kier alpha value is -0.780. The van der Waals surface area contributed by atoms with E-state index in [1.807, 2.05) is 0 Å². The van der Waals surface area contributed by atoms with Gasteiger partial charge in [0.15, 0.2) is 0 Å². The van der Waals surface area contributed by atoms with Crippen LogP contribution in [0.5, 0.6) is 0 Å². The molecule has 6 heteroatoms. The van der Waals surface area contributed by atoms with Gasteiger partial charge in [-0.3, -0.25) is 4.79 Å². The zero-order chi connectivity index (χ0) is 15.5. The molecule has 2 aliphatic rings. The predicted octanol–water partition coefficient (Wildman–Crippen LogP) is 2.86. The van der Waals surface area contributed by atoms with Crippen molar-refractivity contribution >= 4 is 5.91 Å². The summed E-state index contributed by atoms with van der Waals surface area (Å²) in [5.41, 5.74) is 0.00328. The van der Waals surface area contributed by atoms with E-state index < -0.39 is 23.9 Å². The minimum Gasteiger partial charge on any atom is -0.355 e. The van der Waals surface area contributed by atoms with Crippen LogP contribution in [0.2, 0.25) is 0 Å². The maximum Gasteiger partial charge on any atom is 0.392 e. The molecule has 1 aliphatic heterocycles. The van der Waals surface area contributed by atoms with Crippen molar-refractivity contribution in [2.75, 3.05) is 19.6 Å². The second-order valence-electron chi connectivity index (χ2n) is 6.82. The minimum absolute atomic E-state index is 0.00328. The first kappa shape index (κ1) is 16.6. The van der Waals surface area contributed by atoms with Crippen molar-refractivity contribution in [1.82, 2.24) is 10.6 Å². The third-order valence-electron chi connectivity index (χ3n) is 5.02. The van der Waals surface area contributed by atoms with E-state index in [2.05, 4.69) is 17.6 Å². The molecule has 0 aromatic carbocycles. The van der Waals surface area contributed by atoms with E-state index in [1.165, 1.54) is 0 Å². The van der Waals surface area contributed by atoms with Crippen molar-refractivity contribution in [2.24, 2.45) is 17.3 Å².